The molecule has 9 heteroatoms. The van der Waals surface area contributed by atoms with Gasteiger partial charge in [0.2, 0.25) is 4.77 Å². The van der Waals surface area contributed by atoms with Crippen molar-refractivity contribution in [3.63, 3.8) is 0 Å². The Morgan fingerprint density at radius 2 is 2.18 bits per heavy atom. The van der Waals surface area contributed by atoms with E-state index in [9.17, 15) is 9.90 Å². The average molecular weight is 333 g/mol. The molecule has 2 aromatic heterocycles. The molecule has 4 N–H and O–H groups in total. The number of rotatable bonds is 3. The minimum absolute atomic E-state index is 0.0978. The third-order valence-corrected chi connectivity index (χ3v) is 4.13. The normalized spacial score (nSPS) is 11.0. The number of carboxylic acids is 1. The van der Waals surface area contributed by atoms with Gasteiger partial charge in [-0.15, -0.1) is 11.8 Å². The highest BCUT2D eigenvalue weighted by Crippen LogP contribution is 2.30. The summed E-state index contributed by atoms with van der Waals surface area (Å²) in [4.78, 5) is 15.7. The van der Waals surface area contributed by atoms with Gasteiger partial charge in [0.15, 0.2) is 5.65 Å². The van der Waals surface area contributed by atoms with Crippen molar-refractivity contribution in [2.75, 3.05) is 12.0 Å². The zero-order chi connectivity index (χ0) is 15.9. The van der Waals surface area contributed by atoms with Crippen LogP contribution in [0.15, 0.2) is 29.3 Å². The first-order chi connectivity index (χ1) is 10.5. The summed E-state index contributed by atoms with van der Waals surface area (Å²) in [5.74, 6) is -0.754. The maximum atomic E-state index is 11.4. The molecular formula is C13H11N5O2S2. The van der Waals surface area contributed by atoms with Crippen LogP contribution in [0.25, 0.3) is 16.7 Å². The smallest absolute Gasteiger partial charge is 0.337 e. The Kier molecular flexibility index (Phi) is 3.59. The van der Waals surface area contributed by atoms with Gasteiger partial charge in [0, 0.05) is 0 Å². The number of carboxylic acid groups (broad SMARTS) is 1. The van der Waals surface area contributed by atoms with Crippen LogP contribution in [0.1, 0.15) is 10.4 Å². The average Bonchev–Trinajstić information content (AvgIpc) is 2.90. The van der Waals surface area contributed by atoms with Crippen LogP contribution in [0.5, 0.6) is 0 Å². The standard InChI is InChI=1S/C13H11N5O2S2/c1-22-11-8-9(14)18(13(21)15-10(8)16-17-11)7-5-3-2-4-6(7)12(19)20/h2-5H,14H2,1H3,(H,19,20)(H,15,16,21). The Morgan fingerprint density at radius 3 is 2.86 bits per heavy atom. The first-order valence-electron chi connectivity index (χ1n) is 6.18. The van der Waals surface area contributed by atoms with Crippen LogP contribution in [0.3, 0.4) is 0 Å². The molecule has 22 heavy (non-hydrogen) atoms. The molecule has 3 rings (SSSR count). The van der Waals surface area contributed by atoms with Crippen LogP contribution >= 0.6 is 24.0 Å². The summed E-state index contributed by atoms with van der Waals surface area (Å²) in [5.41, 5.74) is 7.19. The first kappa shape index (κ1) is 14.5. The third-order valence-electron chi connectivity index (χ3n) is 3.18. The highest BCUT2D eigenvalue weighted by molar-refractivity contribution is 7.98. The zero-order valence-electron chi connectivity index (χ0n) is 11.4. The number of aromatic carboxylic acids is 1. The lowest BCUT2D eigenvalue weighted by Crippen LogP contribution is -2.11. The number of hydrogen-bond acceptors (Lipinski definition) is 6. The number of nitrogens with one attached hydrogen (secondary N) is 1. The summed E-state index contributed by atoms with van der Waals surface area (Å²) in [5, 5.41) is 17.6. The Balaban J connectivity index is 2.42. The van der Waals surface area contributed by atoms with E-state index in [1.165, 1.54) is 22.4 Å². The van der Waals surface area contributed by atoms with E-state index in [0.29, 0.717) is 27.6 Å². The van der Waals surface area contributed by atoms with E-state index in [0.717, 1.165) is 0 Å². The topological polar surface area (TPSA) is 110 Å². The fraction of sp³-hybridized carbons (Fsp3) is 0.0769. The van der Waals surface area contributed by atoms with Gasteiger partial charge in [0.1, 0.15) is 10.8 Å². The van der Waals surface area contributed by atoms with Gasteiger partial charge in [-0.05, 0) is 30.6 Å². The minimum atomic E-state index is -1.06. The van der Waals surface area contributed by atoms with E-state index in [-0.39, 0.29) is 10.3 Å². The third kappa shape index (κ3) is 2.14. The van der Waals surface area contributed by atoms with Crippen molar-refractivity contribution in [1.29, 1.82) is 0 Å². The van der Waals surface area contributed by atoms with Crippen molar-refractivity contribution in [2.45, 2.75) is 5.03 Å². The fourth-order valence-corrected chi connectivity index (χ4v) is 3.05. The van der Waals surface area contributed by atoms with Gasteiger partial charge in [0.25, 0.3) is 0 Å². The van der Waals surface area contributed by atoms with Crippen molar-refractivity contribution in [3.05, 3.63) is 34.6 Å². The predicted octanol–water partition coefficient (Wildman–Crippen LogP) is 2.48. The van der Waals surface area contributed by atoms with Crippen molar-refractivity contribution >= 4 is 46.8 Å². The molecule has 0 aliphatic rings. The summed E-state index contributed by atoms with van der Waals surface area (Å²) in [7, 11) is 0. The summed E-state index contributed by atoms with van der Waals surface area (Å²) < 4.78 is 1.62. The molecule has 0 saturated carbocycles. The number of anilines is 1. The minimum Gasteiger partial charge on any atom is -0.478 e. The monoisotopic (exact) mass is 333 g/mol. The zero-order valence-corrected chi connectivity index (χ0v) is 13.0. The van der Waals surface area contributed by atoms with Gasteiger partial charge >= 0.3 is 5.97 Å². The molecule has 1 aromatic carbocycles. The summed E-state index contributed by atoms with van der Waals surface area (Å²) in [6.45, 7) is 0. The Bertz CT molecular complexity index is 947. The maximum absolute atomic E-state index is 11.4. The van der Waals surface area contributed by atoms with Crippen molar-refractivity contribution < 1.29 is 9.90 Å². The number of aromatic nitrogens is 4. The second-order valence-corrected chi connectivity index (χ2v) is 5.55. The van der Waals surface area contributed by atoms with Crippen LogP contribution < -0.4 is 5.73 Å². The molecule has 0 radical (unpaired) electrons. The van der Waals surface area contributed by atoms with Gasteiger partial charge in [-0.25, -0.2) is 4.79 Å². The van der Waals surface area contributed by atoms with Crippen LogP contribution in [-0.4, -0.2) is 37.1 Å². The molecule has 0 aliphatic carbocycles. The van der Waals surface area contributed by atoms with Gasteiger partial charge < -0.3 is 10.8 Å². The van der Waals surface area contributed by atoms with E-state index in [1.807, 2.05) is 6.26 Å². The number of benzene rings is 1. The lowest BCUT2D eigenvalue weighted by Gasteiger charge is -2.13. The summed E-state index contributed by atoms with van der Waals surface area (Å²) in [6, 6.07) is 6.50. The van der Waals surface area contributed by atoms with Gasteiger partial charge in [-0.1, -0.05) is 12.1 Å². The number of thioether (sulfide) groups is 1. The number of H-pyrrole nitrogens is 1. The molecule has 0 bridgehead atoms. The lowest BCUT2D eigenvalue weighted by molar-refractivity contribution is 0.0697. The lowest BCUT2D eigenvalue weighted by atomic mass is 10.1. The van der Waals surface area contributed by atoms with Gasteiger partial charge in [-0.2, -0.15) is 10.1 Å². The summed E-state index contributed by atoms with van der Waals surface area (Å²) in [6.07, 6.45) is 1.87. The maximum Gasteiger partial charge on any atom is 0.337 e. The number of para-hydroxylation sites is 1. The van der Waals surface area contributed by atoms with E-state index in [1.54, 1.807) is 18.2 Å². The molecule has 7 nitrogen and oxygen atoms in total. The fourth-order valence-electron chi connectivity index (χ4n) is 2.22. The van der Waals surface area contributed by atoms with E-state index in [4.69, 9.17) is 18.0 Å². The molecule has 0 aliphatic heterocycles. The predicted molar refractivity (Wildman–Crippen MR) is 87.2 cm³/mol. The molecule has 0 atom stereocenters. The van der Waals surface area contributed by atoms with Gasteiger partial charge in [-0.3, -0.25) is 9.67 Å². The van der Waals surface area contributed by atoms with Crippen molar-refractivity contribution in [1.82, 2.24) is 19.7 Å². The SMILES string of the molecule is CSc1n[nH]c2nc(=S)n(-c3ccccc3C(=O)O)c(N)c12. The van der Waals surface area contributed by atoms with Crippen LogP contribution in [0.4, 0.5) is 5.82 Å². The van der Waals surface area contributed by atoms with Crippen LogP contribution in [0, 0.1) is 4.77 Å². The van der Waals surface area contributed by atoms with E-state index >= 15 is 0 Å². The molecule has 112 valence electrons. The highest BCUT2D eigenvalue weighted by Gasteiger charge is 2.18. The largest absolute Gasteiger partial charge is 0.478 e. The number of hydrogen-bond donors (Lipinski definition) is 3. The Labute approximate surface area is 134 Å². The molecule has 3 aromatic rings. The van der Waals surface area contributed by atoms with E-state index < -0.39 is 5.97 Å². The number of fused-ring (bicyclic) bond motifs is 1. The molecular weight excluding hydrogens is 322 g/mol. The second-order valence-electron chi connectivity index (χ2n) is 4.39. The second kappa shape index (κ2) is 5.43. The van der Waals surface area contributed by atoms with Crippen LogP contribution in [-0.2, 0) is 0 Å². The van der Waals surface area contributed by atoms with Crippen LogP contribution in [0.2, 0.25) is 0 Å². The number of carbonyl (C=O) groups is 1. The van der Waals surface area contributed by atoms with E-state index in [2.05, 4.69) is 15.2 Å². The molecule has 0 fully saturated rings. The Morgan fingerprint density at radius 1 is 1.45 bits per heavy atom. The first-order valence-corrected chi connectivity index (χ1v) is 7.81. The van der Waals surface area contributed by atoms with Gasteiger partial charge in [0.05, 0.1) is 16.6 Å². The number of nitrogens with zero attached hydrogens (tertiary/aromatic N) is 3. The summed E-state index contributed by atoms with van der Waals surface area (Å²) >= 11 is 6.68. The number of nitrogens with two attached hydrogens (primary N) is 1. The number of aromatic amines is 1. The van der Waals surface area contributed by atoms with Crippen molar-refractivity contribution in [2.24, 2.45) is 0 Å². The molecule has 0 saturated heterocycles. The highest BCUT2D eigenvalue weighted by atomic mass is 32.2. The Hall–Kier alpha value is -2.39. The quantitative estimate of drug-likeness (QED) is 0.499. The van der Waals surface area contributed by atoms with Crippen molar-refractivity contribution in [3.8, 4) is 5.69 Å². The number of nitrogen functional groups attached to an aromatic ring is 1. The molecule has 0 spiro atoms. The molecule has 0 amide bonds. The molecule has 0 unspecified atom stereocenters. The molecule has 2 heterocycles.